The lowest BCUT2D eigenvalue weighted by atomic mass is 9.91. The second-order valence-corrected chi connectivity index (χ2v) is 8.19. The Morgan fingerprint density at radius 2 is 1.71 bits per heavy atom. The number of amides is 1. The minimum Gasteiger partial charge on any atom is -0.445 e. The van der Waals surface area contributed by atoms with Crippen molar-refractivity contribution in [2.24, 2.45) is 5.92 Å². The van der Waals surface area contributed by atoms with Crippen LogP contribution in [0.5, 0.6) is 0 Å². The van der Waals surface area contributed by atoms with Gasteiger partial charge in [0.1, 0.15) is 12.4 Å². The maximum Gasteiger partial charge on any atom is 0.407 e. The second-order valence-electron chi connectivity index (χ2n) is 7.00. The summed E-state index contributed by atoms with van der Waals surface area (Å²) in [4.78, 5) is 27.2. The van der Waals surface area contributed by atoms with Crippen LogP contribution in [0.25, 0.3) is 0 Å². The quantitative estimate of drug-likeness (QED) is 0.519. The first-order valence-corrected chi connectivity index (χ1v) is 11.2. The fourth-order valence-corrected chi connectivity index (χ4v) is 3.43. The van der Waals surface area contributed by atoms with Gasteiger partial charge >= 0.3 is 6.09 Å². The SMILES string of the molecule is Clc1cncc(Cl)c1Cl.O=C(NCCCC(=O)C1CCNCC1)OCc1ccccc1. The number of carbonyl (C=O) groups is 2. The fourth-order valence-electron chi connectivity index (χ4n) is 2.97. The zero-order valence-electron chi connectivity index (χ0n) is 17.1. The Labute approximate surface area is 197 Å². The Hall–Kier alpha value is -1.86. The Morgan fingerprint density at radius 1 is 1.06 bits per heavy atom. The summed E-state index contributed by atoms with van der Waals surface area (Å²) >= 11 is 16.6. The van der Waals surface area contributed by atoms with Gasteiger partial charge in [0.15, 0.2) is 0 Å². The van der Waals surface area contributed by atoms with Gasteiger partial charge in [-0.15, -0.1) is 0 Å². The number of rotatable bonds is 7. The number of benzene rings is 1. The molecule has 2 aromatic rings. The molecule has 9 heteroatoms. The van der Waals surface area contributed by atoms with Crippen molar-refractivity contribution in [1.82, 2.24) is 15.6 Å². The van der Waals surface area contributed by atoms with Gasteiger partial charge in [0.05, 0.1) is 15.1 Å². The summed E-state index contributed by atoms with van der Waals surface area (Å²) in [5.41, 5.74) is 0.957. The van der Waals surface area contributed by atoms with Crippen LogP contribution in [-0.2, 0) is 16.1 Å². The maximum atomic E-state index is 12.0. The average Bonchev–Trinajstić information content (AvgIpc) is 2.80. The first-order chi connectivity index (χ1) is 15.0. The number of carbonyl (C=O) groups excluding carboxylic acids is 2. The smallest absolute Gasteiger partial charge is 0.407 e. The van der Waals surface area contributed by atoms with Crippen molar-refractivity contribution in [3.63, 3.8) is 0 Å². The average molecular weight is 487 g/mol. The van der Waals surface area contributed by atoms with E-state index in [9.17, 15) is 9.59 Å². The van der Waals surface area contributed by atoms with Gasteiger partial charge in [0.2, 0.25) is 0 Å². The van der Waals surface area contributed by atoms with E-state index in [4.69, 9.17) is 39.5 Å². The lowest BCUT2D eigenvalue weighted by Gasteiger charge is -2.21. The third-order valence-corrected chi connectivity index (χ3v) is 5.85. The van der Waals surface area contributed by atoms with E-state index in [0.717, 1.165) is 31.5 Å². The van der Waals surface area contributed by atoms with Crippen LogP contribution in [0.2, 0.25) is 15.1 Å². The molecule has 2 N–H and O–H groups in total. The molecule has 1 amide bonds. The Bertz CT molecular complexity index is 811. The molecule has 0 bridgehead atoms. The van der Waals surface area contributed by atoms with Crippen molar-refractivity contribution in [2.75, 3.05) is 19.6 Å². The number of Topliss-reactive ketones (excluding diaryl/α,β-unsaturated/α-hetero) is 1. The van der Waals surface area contributed by atoms with Gasteiger partial charge < -0.3 is 15.4 Å². The molecule has 2 heterocycles. The zero-order valence-corrected chi connectivity index (χ0v) is 19.3. The number of hydrogen-bond acceptors (Lipinski definition) is 5. The molecule has 1 fully saturated rings. The molecule has 168 valence electrons. The normalized spacial score (nSPS) is 13.6. The van der Waals surface area contributed by atoms with Gasteiger partial charge in [0.25, 0.3) is 0 Å². The van der Waals surface area contributed by atoms with Gasteiger partial charge in [-0.2, -0.15) is 0 Å². The van der Waals surface area contributed by atoms with Crippen LogP contribution in [0.3, 0.4) is 0 Å². The van der Waals surface area contributed by atoms with E-state index in [1.807, 2.05) is 30.3 Å². The highest BCUT2D eigenvalue weighted by Crippen LogP contribution is 2.27. The van der Waals surface area contributed by atoms with Crippen LogP contribution in [0, 0.1) is 5.92 Å². The monoisotopic (exact) mass is 485 g/mol. The van der Waals surface area contributed by atoms with Crippen LogP contribution in [-0.4, -0.2) is 36.5 Å². The maximum absolute atomic E-state index is 12.0. The third kappa shape index (κ3) is 9.87. The molecule has 1 saturated heterocycles. The summed E-state index contributed by atoms with van der Waals surface area (Å²) < 4.78 is 5.11. The molecular weight excluding hydrogens is 461 g/mol. The fraction of sp³-hybridized carbons (Fsp3) is 0.409. The number of aromatic nitrogens is 1. The summed E-state index contributed by atoms with van der Waals surface area (Å²) in [7, 11) is 0. The van der Waals surface area contributed by atoms with Gasteiger partial charge in [-0.25, -0.2) is 4.79 Å². The van der Waals surface area contributed by atoms with Crippen LogP contribution >= 0.6 is 34.8 Å². The first kappa shape index (κ1) is 25.4. The molecule has 6 nitrogen and oxygen atoms in total. The van der Waals surface area contributed by atoms with Gasteiger partial charge in [-0.3, -0.25) is 9.78 Å². The van der Waals surface area contributed by atoms with Crippen LogP contribution in [0.4, 0.5) is 4.79 Å². The Kier molecular flexibility index (Phi) is 11.7. The molecule has 0 radical (unpaired) electrons. The highest BCUT2D eigenvalue weighted by atomic mass is 35.5. The summed E-state index contributed by atoms with van der Waals surface area (Å²) in [5, 5.41) is 7.05. The molecule has 0 aliphatic carbocycles. The summed E-state index contributed by atoms with van der Waals surface area (Å²) in [6.45, 7) is 2.60. The van der Waals surface area contributed by atoms with E-state index in [0.29, 0.717) is 40.2 Å². The highest BCUT2D eigenvalue weighted by molar-refractivity contribution is 6.47. The van der Waals surface area contributed by atoms with Crippen molar-refractivity contribution in [1.29, 1.82) is 0 Å². The van der Waals surface area contributed by atoms with Crippen LogP contribution in [0.15, 0.2) is 42.7 Å². The number of piperidine rings is 1. The second kappa shape index (κ2) is 14.2. The molecule has 0 atom stereocenters. The van der Waals surface area contributed by atoms with Crippen molar-refractivity contribution >= 4 is 46.7 Å². The lowest BCUT2D eigenvalue weighted by molar-refractivity contribution is -0.123. The summed E-state index contributed by atoms with van der Waals surface area (Å²) in [5.74, 6) is 0.521. The summed E-state index contributed by atoms with van der Waals surface area (Å²) in [6.07, 6.45) is 5.52. The molecule has 1 aliphatic heterocycles. The van der Waals surface area contributed by atoms with Crippen molar-refractivity contribution < 1.29 is 14.3 Å². The molecule has 3 rings (SSSR count). The van der Waals surface area contributed by atoms with Crippen molar-refractivity contribution in [3.8, 4) is 0 Å². The van der Waals surface area contributed by atoms with E-state index < -0.39 is 6.09 Å². The molecule has 1 aromatic carbocycles. The molecule has 0 spiro atoms. The largest absolute Gasteiger partial charge is 0.445 e. The Balaban J connectivity index is 0.000000316. The molecule has 0 saturated carbocycles. The number of pyridine rings is 1. The standard InChI is InChI=1S/C17H24N2O3.C5H2Cl3N/c20-16(15-8-11-18-12-9-15)7-4-10-19-17(21)22-13-14-5-2-1-3-6-14;6-3-1-9-2-4(7)5(3)8/h1-3,5-6,15,18H,4,7-13H2,(H,19,21);1-2H. The summed E-state index contributed by atoms with van der Waals surface area (Å²) in [6, 6.07) is 9.55. The van der Waals surface area contributed by atoms with Gasteiger partial charge in [-0.1, -0.05) is 65.1 Å². The minimum atomic E-state index is -0.432. The Morgan fingerprint density at radius 3 is 2.32 bits per heavy atom. The number of ether oxygens (including phenoxy) is 1. The molecule has 31 heavy (non-hydrogen) atoms. The lowest BCUT2D eigenvalue weighted by Crippen LogP contribution is -2.32. The van der Waals surface area contributed by atoms with Crippen molar-refractivity contribution in [2.45, 2.75) is 32.3 Å². The van der Waals surface area contributed by atoms with E-state index in [-0.39, 0.29) is 12.5 Å². The number of hydrogen-bond donors (Lipinski definition) is 2. The molecule has 1 aliphatic rings. The molecular formula is C22H26Cl3N3O3. The first-order valence-electron chi connectivity index (χ1n) is 10.1. The van der Waals surface area contributed by atoms with Crippen LogP contribution < -0.4 is 10.6 Å². The number of ketones is 1. The van der Waals surface area contributed by atoms with Crippen LogP contribution in [0.1, 0.15) is 31.2 Å². The minimum absolute atomic E-state index is 0.200. The van der Waals surface area contributed by atoms with E-state index in [1.165, 1.54) is 12.4 Å². The highest BCUT2D eigenvalue weighted by Gasteiger charge is 2.20. The number of nitrogens with one attached hydrogen (secondary N) is 2. The number of halogens is 3. The van der Waals surface area contributed by atoms with Gasteiger partial charge in [0, 0.05) is 31.3 Å². The van der Waals surface area contributed by atoms with E-state index >= 15 is 0 Å². The van der Waals surface area contributed by atoms with E-state index in [2.05, 4.69) is 15.6 Å². The topological polar surface area (TPSA) is 80.3 Å². The zero-order chi connectivity index (χ0) is 22.5. The molecule has 1 aromatic heterocycles. The van der Waals surface area contributed by atoms with E-state index in [1.54, 1.807) is 0 Å². The number of nitrogens with zero attached hydrogens (tertiary/aromatic N) is 1. The predicted octanol–water partition coefficient (Wildman–Crippen LogP) is 5.30. The van der Waals surface area contributed by atoms with Gasteiger partial charge in [-0.05, 0) is 37.9 Å². The molecule has 0 unspecified atom stereocenters. The predicted molar refractivity (Wildman–Crippen MR) is 124 cm³/mol. The van der Waals surface area contributed by atoms with Crippen molar-refractivity contribution in [3.05, 3.63) is 63.4 Å². The number of alkyl carbamates (subject to hydrolysis) is 1. The third-order valence-electron chi connectivity index (χ3n) is 4.67.